The minimum absolute atomic E-state index is 0.360. The first-order valence-electron chi connectivity index (χ1n) is 8.20. The molecule has 25 heavy (non-hydrogen) atoms. The number of methoxy groups -OCH3 is 1. The van der Waals surface area contributed by atoms with Gasteiger partial charge in [-0.05, 0) is 32.4 Å². The van der Waals surface area contributed by atoms with Gasteiger partial charge in [0, 0.05) is 31.4 Å². The van der Waals surface area contributed by atoms with Crippen LogP contribution >= 0.6 is 0 Å². The molecule has 0 bridgehead atoms. The molecular formula is C16H28N4O4S. The molecule has 0 saturated carbocycles. The number of nitrogens with one attached hydrogen (secondary N) is 3. The third-order valence-corrected chi connectivity index (χ3v) is 3.77. The fourth-order valence-corrected chi connectivity index (χ4v) is 2.51. The number of guanidine groups is 1. The van der Waals surface area contributed by atoms with Gasteiger partial charge in [-0.2, -0.15) is 0 Å². The first kappa shape index (κ1) is 21.0. The van der Waals surface area contributed by atoms with Gasteiger partial charge in [-0.15, -0.1) is 0 Å². The normalized spacial score (nSPS) is 11.9. The summed E-state index contributed by atoms with van der Waals surface area (Å²) in [6.45, 7) is 6.02. The van der Waals surface area contributed by atoms with Crippen LogP contribution in [0.25, 0.3) is 0 Å². The molecule has 142 valence electrons. The summed E-state index contributed by atoms with van der Waals surface area (Å²) in [7, 11) is -1.56. The summed E-state index contributed by atoms with van der Waals surface area (Å²) in [5.41, 5.74) is 0.814. The fourth-order valence-electron chi connectivity index (χ4n) is 1.99. The van der Waals surface area contributed by atoms with E-state index in [2.05, 4.69) is 20.3 Å². The zero-order valence-electron chi connectivity index (χ0n) is 15.3. The van der Waals surface area contributed by atoms with E-state index in [1.54, 1.807) is 7.11 Å². The molecule has 3 N–H and O–H groups in total. The van der Waals surface area contributed by atoms with E-state index in [1.165, 1.54) is 0 Å². The number of aliphatic imine (C=N–C) groups is 1. The molecule has 1 aromatic carbocycles. The predicted molar refractivity (Wildman–Crippen MR) is 101 cm³/mol. The van der Waals surface area contributed by atoms with Crippen molar-refractivity contribution in [3.63, 3.8) is 0 Å². The SMILES string of the molecule is CCNC(=NCCCNS(C)(=O)=O)Nc1ccc(OCC)c(OC)c1. The number of nitrogens with zero attached hydrogens (tertiary/aromatic N) is 1. The van der Waals surface area contributed by atoms with Crippen molar-refractivity contribution in [2.24, 2.45) is 4.99 Å². The Kier molecular flexibility index (Phi) is 9.07. The van der Waals surface area contributed by atoms with E-state index < -0.39 is 10.0 Å². The average molecular weight is 372 g/mol. The van der Waals surface area contributed by atoms with Gasteiger partial charge in [0.2, 0.25) is 10.0 Å². The number of hydrogen-bond acceptors (Lipinski definition) is 5. The standard InChI is InChI=1S/C16H28N4O4S/c1-5-17-16(18-10-7-11-19-25(4,21)22)20-13-8-9-14(24-6-2)15(12-13)23-3/h8-9,12,19H,5-7,10-11H2,1-4H3,(H2,17,18,20). The van der Waals surface area contributed by atoms with Crippen molar-refractivity contribution in [3.05, 3.63) is 18.2 Å². The third kappa shape index (κ3) is 8.59. The van der Waals surface area contributed by atoms with E-state index in [9.17, 15) is 8.42 Å². The van der Waals surface area contributed by atoms with Crippen LogP contribution in [0.4, 0.5) is 5.69 Å². The lowest BCUT2D eigenvalue weighted by molar-refractivity contribution is 0.311. The minimum atomic E-state index is -3.16. The van der Waals surface area contributed by atoms with Crippen molar-refractivity contribution in [3.8, 4) is 11.5 Å². The van der Waals surface area contributed by atoms with E-state index in [4.69, 9.17) is 9.47 Å². The Morgan fingerprint density at radius 1 is 1.24 bits per heavy atom. The van der Waals surface area contributed by atoms with Crippen LogP contribution in [0.2, 0.25) is 0 Å². The Morgan fingerprint density at radius 3 is 2.60 bits per heavy atom. The van der Waals surface area contributed by atoms with Crippen molar-refractivity contribution < 1.29 is 17.9 Å². The Hall–Kier alpha value is -2.00. The highest BCUT2D eigenvalue weighted by Crippen LogP contribution is 2.30. The highest BCUT2D eigenvalue weighted by atomic mass is 32.2. The number of anilines is 1. The summed E-state index contributed by atoms with van der Waals surface area (Å²) in [5.74, 6) is 1.94. The van der Waals surface area contributed by atoms with Crippen LogP contribution in [-0.2, 0) is 10.0 Å². The van der Waals surface area contributed by atoms with Gasteiger partial charge in [-0.25, -0.2) is 13.1 Å². The van der Waals surface area contributed by atoms with Gasteiger partial charge in [-0.1, -0.05) is 0 Å². The molecule has 1 aromatic rings. The number of ether oxygens (including phenoxy) is 2. The Labute approximate surface area is 150 Å². The summed E-state index contributed by atoms with van der Waals surface area (Å²) >= 11 is 0. The topological polar surface area (TPSA) is 101 Å². The smallest absolute Gasteiger partial charge is 0.208 e. The van der Waals surface area contributed by atoms with Crippen LogP contribution in [0.1, 0.15) is 20.3 Å². The molecule has 0 amide bonds. The second-order valence-corrected chi connectivity index (χ2v) is 7.04. The van der Waals surface area contributed by atoms with Crippen molar-refractivity contribution in [1.29, 1.82) is 0 Å². The lowest BCUT2D eigenvalue weighted by Gasteiger charge is -2.14. The molecule has 0 aliphatic carbocycles. The average Bonchev–Trinajstić information content (AvgIpc) is 2.55. The molecule has 0 aliphatic heterocycles. The maximum absolute atomic E-state index is 11.0. The predicted octanol–water partition coefficient (Wildman–Crippen LogP) is 1.41. The van der Waals surface area contributed by atoms with Crippen LogP contribution in [0, 0.1) is 0 Å². The molecule has 0 aliphatic rings. The summed E-state index contributed by atoms with van der Waals surface area (Å²) in [6.07, 6.45) is 1.75. The second kappa shape index (κ2) is 10.8. The summed E-state index contributed by atoms with van der Waals surface area (Å²) < 4.78 is 35.3. The fraction of sp³-hybridized carbons (Fsp3) is 0.562. The zero-order valence-corrected chi connectivity index (χ0v) is 16.1. The van der Waals surface area contributed by atoms with Crippen molar-refractivity contribution in [1.82, 2.24) is 10.0 Å². The van der Waals surface area contributed by atoms with Crippen LogP contribution in [0.15, 0.2) is 23.2 Å². The van der Waals surface area contributed by atoms with Crippen LogP contribution in [0.5, 0.6) is 11.5 Å². The highest BCUT2D eigenvalue weighted by Gasteiger charge is 2.07. The molecular weight excluding hydrogens is 344 g/mol. The molecule has 0 radical (unpaired) electrons. The number of benzene rings is 1. The number of hydrogen-bond donors (Lipinski definition) is 3. The Bertz CT molecular complexity index is 662. The maximum atomic E-state index is 11.0. The Balaban J connectivity index is 2.68. The first-order chi connectivity index (χ1) is 11.9. The van der Waals surface area contributed by atoms with Crippen LogP contribution in [0.3, 0.4) is 0 Å². The van der Waals surface area contributed by atoms with Gasteiger partial charge in [0.1, 0.15) is 0 Å². The third-order valence-electron chi connectivity index (χ3n) is 3.04. The number of rotatable bonds is 10. The highest BCUT2D eigenvalue weighted by molar-refractivity contribution is 7.88. The summed E-state index contributed by atoms with van der Waals surface area (Å²) in [4.78, 5) is 4.43. The molecule has 0 atom stereocenters. The van der Waals surface area contributed by atoms with E-state index in [0.717, 1.165) is 11.9 Å². The quantitative estimate of drug-likeness (QED) is 0.326. The minimum Gasteiger partial charge on any atom is -0.493 e. The van der Waals surface area contributed by atoms with E-state index >= 15 is 0 Å². The molecule has 0 heterocycles. The molecule has 0 fully saturated rings. The van der Waals surface area contributed by atoms with E-state index in [1.807, 2.05) is 32.0 Å². The van der Waals surface area contributed by atoms with Gasteiger partial charge in [0.25, 0.3) is 0 Å². The second-order valence-electron chi connectivity index (χ2n) is 5.20. The van der Waals surface area contributed by atoms with Crippen molar-refractivity contribution in [2.75, 3.05) is 44.9 Å². The largest absolute Gasteiger partial charge is 0.493 e. The monoisotopic (exact) mass is 372 g/mol. The van der Waals surface area contributed by atoms with E-state index in [-0.39, 0.29) is 0 Å². The molecule has 1 rings (SSSR count). The molecule has 8 nitrogen and oxygen atoms in total. The van der Waals surface area contributed by atoms with Crippen molar-refractivity contribution in [2.45, 2.75) is 20.3 Å². The lowest BCUT2D eigenvalue weighted by Crippen LogP contribution is -2.31. The molecule has 0 aromatic heterocycles. The van der Waals surface area contributed by atoms with Gasteiger partial charge < -0.3 is 20.1 Å². The van der Waals surface area contributed by atoms with Crippen LogP contribution < -0.4 is 24.8 Å². The van der Waals surface area contributed by atoms with Gasteiger partial charge >= 0.3 is 0 Å². The Morgan fingerprint density at radius 2 is 2.00 bits per heavy atom. The molecule has 0 unspecified atom stereocenters. The number of sulfonamides is 1. The van der Waals surface area contributed by atoms with Gasteiger partial charge in [0.15, 0.2) is 17.5 Å². The van der Waals surface area contributed by atoms with E-state index in [0.29, 0.717) is 50.1 Å². The maximum Gasteiger partial charge on any atom is 0.208 e. The molecule has 9 heteroatoms. The summed E-state index contributed by atoms with van der Waals surface area (Å²) in [5, 5.41) is 6.34. The zero-order chi connectivity index (χ0) is 18.7. The summed E-state index contributed by atoms with van der Waals surface area (Å²) in [6, 6.07) is 5.55. The van der Waals surface area contributed by atoms with Gasteiger partial charge in [-0.3, -0.25) is 4.99 Å². The molecule has 0 saturated heterocycles. The lowest BCUT2D eigenvalue weighted by atomic mass is 10.2. The first-order valence-corrected chi connectivity index (χ1v) is 10.1. The van der Waals surface area contributed by atoms with Crippen LogP contribution in [-0.4, -0.2) is 54.0 Å². The molecule has 0 spiro atoms. The van der Waals surface area contributed by atoms with Crippen molar-refractivity contribution >= 4 is 21.7 Å². The van der Waals surface area contributed by atoms with Gasteiger partial charge in [0.05, 0.1) is 20.0 Å².